The van der Waals surface area contributed by atoms with Crippen LogP contribution >= 0.6 is 11.6 Å². The normalized spacial score (nSPS) is 20.1. The summed E-state index contributed by atoms with van der Waals surface area (Å²) < 4.78 is 0. The van der Waals surface area contributed by atoms with Crippen LogP contribution in [0.3, 0.4) is 0 Å². The van der Waals surface area contributed by atoms with Crippen molar-refractivity contribution in [2.45, 2.75) is 25.4 Å². The van der Waals surface area contributed by atoms with E-state index >= 15 is 0 Å². The molecular formula is C22H22ClN3O. The maximum absolute atomic E-state index is 13.0. The molecule has 1 aliphatic rings. The van der Waals surface area contributed by atoms with Crippen molar-refractivity contribution in [3.8, 4) is 0 Å². The van der Waals surface area contributed by atoms with Crippen LogP contribution < -0.4 is 5.32 Å². The predicted octanol–water partition coefficient (Wildman–Crippen LogP) is 4.37. The fourth-order valence-electron chi connectivity index (χ4n) is 3.96. The van der Waals surface area contributed by atoms with Crippen molar-refractivity contribution in [1.82, 2.24) is 15.2 Å². The number of hydrogen-bond donors (Lipinski definition) is 1. The number of amides is 1. The fourth-order valence-corrected chi connectivity index (χ4v) is 4.19. The van der Waals surface area contributed by atoms with Crippen molar-refractivity contribution in [3.63, 3.8) is 0 Å². The summed E-state index contributed by atoms with van der Waals surface area (Å²) in [5.74, 6) is -0.169. The van der Waals surface area contributed by atoms with E-state index in [-0.39, 0.29) is 23.1 Å². The molecule has 0 aliphatic carbocycles. The average molecular weight is 380 g/mol. The fraction of sp³-hybridized carbons (Fsp3) is 0.273. The van der Waals surface area contributed by atoms with Gasteiger partial charge in [0.25, 0.3) is 5.91 Å². The molecule has 1 amide bonds. The number of hydrogen-bond acceptors (Lipinski definition) is 3. The van der Waals surface area contributed by atoms with Crippen LogP contribution in [0.15, 0.2) is 54.6 Å². The summed E-state index contributed by atoms with van der Waals surface area (Å²) in [6, 6.07) is 18.2. The first-order valence-corrected chi connectivity index (χ1v) is 9.54. The van der Waals surface area contributed by atoms with Gasteiger partial charge in [-0.3, -0.25) is 9.69 Å². The Balaban J connectivity index is 1.62. The molecular weight excluding hydrogens is 358 g/mol. The van der Waals surface area contributed by atoms with E-state index in [0.29, 0.717) is 5.56 Å². The minimum atomic E-state index is -0.169. The first-order chi connectivity index (χ1) is 13.0. The number of carbonyl (C=O) groups is 1. The molecule has 27 heavy (non-hydrogen) atoms. The van der Waals surface area contributed by atoms with Gasteiger partial charge in [-0.15, -0.1) is 0 Å². The van der Waals surface area contributed by atoms with Gasteiger partial charge in [-0.05, 0) is 37.6 Å². The zero-order chi connectivity index (χ0) is 19.0. The van der Waals surface area contributed by atoms with Crippen LogP contribution in [0.2, 0.25) is 5.15 Å². The maximum Gasteiger partial charge on any atom is 0.254 e. The van der Waals surface area contributed by atoms with Gasteiger partial charge in [0, 0.05) is 11.9 Å². The summed E-state index contributed by atoms with van der Waals surface area (Å²) >= 11 is 6.36. The van der Waals surface area contributed by atoms with Crippen LogP contribution in [0.4, 0.5) is 0 Å². The number of nitrogens with zero attached hydrogens (tertiary/aromatic N) is 2. The van der Waals surface area contributed by atoms with Crippen molar-refractivity contribution in [2.75, 3.05) is 13.6 Å². The molecule has 3 aromatic rings. The van der Waals surface area contributed by atoms with E-state index in [2.05, 4.69) is 34.4 Å². The molecule has 4 nitrogen and oxygen atoms in total. The monoisotopic (exact) mass is 379 g/mol. The lowest BCUT2D eigenvalue weighted by Gasteiger charge is -2.26. The van der Waals surface area contributed by atoms with Crippen LogP contribution in [0.5, 0.6) is 0 Å². The molecule has 0 spiro atoms. The molecule has 4 rings (SSSR count). The number of likely N-dealkylation sites (tertiary alicyclic amines) is 1. The molecule has 1 aliphatic heterocycles. The second-order valence-corrected chi connectivity index (χ2v) is 7.54. The van der Waals surface area contributed by atoms with Gasteiger partial charge in [-0.1, -0.05) is 60.1 Å². The highest BCUT2D eigenvalue weighted by molar-refractivity contribution is 6.33. The minimum absolute atomic E-state index is 0.0363. The highest BCUT2D eigenvalue weighted by atomic mass is 35.5. The summed E-state index contributed by atoms with van der Waals surface area (Å²) in [7, 11) is 2.09. The van der Waals surface area contributed by atoms with Crippen molar-refractivity contribution < 1.29 is 4.79 Å². The van der Waals surface area contributed by atoms with Crippen LogP contribution in [0.1, 0.15) is 33.9 Å². The smallest absolute Gasteiger partial charge is 0.254 e. The second kappa shape index (κ2) is 7.29. The summed E-state index contributed by atoms with van der Waals surface area (Å²) in [5, 5.41) is 4.36. The second-order valence-electron chi connectivity index (χ2n) is 7.18. The quantitative estimate of drug-likeness (QED) is 0.687. The number of aromatic nitrogens is 1. The Labute approximate surface area is 164 Å². The maximum atomic E-state index is 13.0. The number of halogens is 1. The Bertz CT molecular complexity index is 990. The van der Waals surface area contributed by atoms with E-state index < -0.39 is 0 Å². The number of carbonyl (C=O) groups excluding carboxylic acids is 1. The van der Waals surface area contributed by atoms with Crippen molar-refractivity contribution in [3.05, 3.63) is 76.4 Å². The van der Waals surface area contributed by atoms with Crippen molar-refractivity contribution >= 4 is 28.4 Å². The van der Waals surface area contributed by atoms with Crippen LogP contribution in [-0.4, -0.2) is 35.4 Å². The SMILES string of the molecule is Cc1cccc2cc(C(=O)N[C@@H]3CCN(C)[C@H]3c3ccccc3)c(Cl)nc12. The molecule has 0 bridgehead atoms. The number of para-hydroxylation sites is 1. The summed E-state index contributed by atoms with van der Waals surface area (Å²) in [6.07, 6.45) is 0.902. The molecule has 2 heterocycles. The Morgan fingerprint density at radius 2 is 1.96 bits per heavy atom. The molecule has 0 saturated carbocycles. The molecule has 1 N–H and O–H groups in total. The third kappa shape index (κ3) is 3.43. The molecule has 2 atom stereocenters. The van der Waals surface area contributed by atoms with Crippen LogP contribution in [-0.2, 0) is 0 Å². The first-order valence-electron chi connectivity index (χ1n) is 9.16. The Morgan fingerprint density at radius 1 is 1.19 bits per heavy atom. The van der Waals surface area contributed by atoms with E-state index in [1.165, 1.54) is 5.56 Å². The lowest BCUT2D eigenvalue weighted by molar-refractivity contribution is 0.0927. The topological polar surface area (TPSA) is 45.2 Å². The van der Waals surface area contributed by atoms with Gasteiger partial charge in [0.2, 0.25) is 0 Å². The van der Waals surface area contributed by atoms with Crippen molar-refractivity contribution in [1.29, 1.82) is 0 Å². The standard InChI is InChI=1S/C22H22ClN3O/c1-14-7-6-10-16-13-17(21(23)25-19(14)16)22(27)24-18-11-12-26(2)20(18)15-8-4-3-5-9-15/h3-10,13,18,20H,11-12H2,1-2H3,(H,24,27)/t18-,20+/m1/s1. The molecule has 0 unspecified atom stereocenters. The number of aryl methyl sites for hydroxylation is 1. The van der Waals surface area contributed by atoms with Gasteiger partial charge in [-0.2, -0.15) is 0 Å². The zero-order valence-electron chi connectivity index (χ0n) is 15.4. The van der Waals surface area contributed by atoms with E-state index in [0.717, 1.165) is 29.4 Å². The largest absolute Gasteiger partial charge is 0.347 e. The van der Waals surface area contributed by atoms with E-state index in [1.54, 1.807) is 0 Å². The lowest BCUT2D eigenvalue weighted by atomic mass is 10.00. The molecule has 5 heteroatoms. The lowest BCUT2D eigenvalue weighted by Crippen LogP contribution is -2.39. The van der Waals surface area contributed by atoms with E-state index in [4.69, 9.17) is 11.6 Å². The summed E-state index contributed by atoms with van der Waals surface area (Å²) in [4.78, 5) is 19.7. The van der Waals surface area contributed by atoms with Gasteiger partial charge in [0.05, 0.1) is 23.2 Å². The third-order valence-corrected chi connectivity index (χ3v) is 5.64. The summed E-state index contributed by atoms with van der Waals surface area (Å²) in [5.41, 5.74) is 3.52. The number of rotatable bonds is 3. The predicted molar refractivity (Wildman–Crippen MR) is 109 cm³/mol. The number of fused-ring (bicyclic) bond motifs is 1. The number of benzene rings is 2. The Hall–Kier alpha value is -2.43. The molecule has 0 radical (unpaired) electrons. The van der Waals surface area contributed by atoms with Crippen molar-refractivity contribution in [2.24, 2.45) is 0 Å². The zero-order valence-corrected chi connectivity index (χ0v) is 16.2. The van der Waals surface area contributed by atoms with E-state index in [1.807, 2.05) is 49.4 Å². The van der Waals surface area contributed by atoms with Gasteiger partial charge in [0.15, 0.2) is 0 Å². The third-order valence-electron chi connectivity index (χ3n) is 5.35. The molecule has 138 valence electrons. The Kier molecular flexibility index (Phi) is 4.85. The first kappa shape index (κ1) is 18.0. The highest BCUT2D eigenvalue weighted by Crippen LogP contribution is 2.31. The van der Waals surface area contributed by atoms with Gasteiger partial charge in [0.1, 0.15) is 5.15 Å². The van der Waals surface area contributed by atoms with Crippen LogP contribution in [0, 0.1) is 6.92 Å². The molecule has 1 aromatic heterocycles. The molecule has 1 saturated heterocycles. The highest BCUT2D eigenvalue weighted by Gasteiger charge is 2.34. The average Bonchev–Trinajstić information content (AvgIpc) is 3.03. The number of pyridine rings is 1. The molecule has 1 fully saturated rings. The summed E-state index contributed by atoms with van der Waals surface area (Å²) in [6.45, 7) is 2.93. The molecule has 2 aromatic carbocycles. The van der Waals surface area contributed by atoms with Gasteiger partial charge >= 0.3 is 0 Å². The minimum Gasteiger partial charge on any atom is -0.347 e. The van der Waals surface area contributed by atoms with Gasteiger partial charge in [-0.25, -0.2) is 4.98 Å². The van der Waals surface area contributed by atoms with E-state index in [9.17, 15) is 4.79 Å². The van der Waals surface area contributed by atoms with Crippen LogP contribution in [0.25, 0.3) is 10.9 Å². The number of nitrogens with one attached hydrogen (secondary N) is 1. The Morgan fingerprint density at radius 3 is 2.74 bits per heavy atom. The van der Waals surface area contributed by atoms with Gasteiger partial charge < -0.3 is 5.32 Å². The number of likely N-dealkylation sites (N-methyl/N-ethyl adjacent to an activating group) is 1.